The van der Waals surface area contributed by atoms with Crippen molar-refractivity contribution in [3.05, 3.63) is 92.4 Å². The van der Waals surface area contributed by atoms with Crippen LogP contribution >= 0.6 is 34.4 Å². The zero-order valence-corrected chi connectivity index (χ0v) is 20.3. The Bertz CT molecular complexity index is 1160. The lowest BCUT2D eigenvalue weighted by Crippen LogP contribution is -2.27. The fraction of sp³-hybridized carbons (Fsp3) is 0.120. The van der Waals surface area contributed by atoms with Crippen LogP contribution in [0.5, 0.6) is 11.5 Å². The quantitative estimate of drug-likeness (QED) is 0.245. The third-order valence-electron chi connectivity index (χ3n) is 4.68. The van der Waals surface area contributed by atoms with E-state index in [0.717, 1.165) is 22.9 Å². The summed E-state index contributed by atoms with van der Waals surface area (Å²) in [4.78, 5) is 26.8. The highest BCUT2D eigenvalue weighted by Crippen LogP contribution is 2.37. The number of thioether (sulfide) groups is 1. The Kier molecular flexibility index (Phi) is 7.16. The predicted molar refractivity (Wildman–Crippen MR) is 136 cm³/mol. The molecule has 0 spiro atoms. The maximum absolute atomic E-state index is 12.8. The van der Waals surface area contributed by atoms with Crippen molar-refractivity contribution >= 4 is 57.3 Å². The van der Waals surface area contributed by atoms with Gasteiger partial charge in [0.15, 0.2) is 11.5 Å². The third-order valence-corrected chi connectivity index (χ3v) is 6.27. The summed E-state index contributed by atoms with van der Waals surface area (Å²) in [5.74, 6) is 0.886. The molecule has 1 aliphatic rings. The lowest BCUT2D eigenvalue weighted by molar-refractivity contribution is -0.113. The van der Waals surface area contributed by atoms with Crippen LogP contribution in [0.15, 0.2) is 77.7 Å². The molecule has 0 aliphatic carbocycles. The van der Waals surface area contributed by atoms with Gasteiger partial charge in [-0.3, -0.25) is 9.59 Å². The third kappa shape index (κ3) is 5.16. The van der Waals surface area contributed by atoms with Crippen LogP contribution in [0.4, 0.5) is 10.5 Å². The lowest BCUT2D eigenvalue weighted by Gasteiger charge is -2.13. The van der Waals surface area contributed by atoms with E-state index in [1.165, 1.54) is 8.47 Å². The number of benzene rings is 3. The molecule has 0 bridgehead atoms. The average molecular weight is 557 g/mol. The monoisotopic (exact) mass is 557 g/mol. The summed E-state index contributed by atoms with van der Waals surface area (Å²) in [5, 5.41) is -0.310. The first-order valence-electron chi connectivity index (χ1n) is 10.0. The number of nitrogens with zero attached hydrogens (tertiary/aromatic N) is 1. The molecule has 1 fully saturated rings. The lowest BCUT2D eigenvalue weighted by atomic mass is 10.1. The minimum Gasteiger partial charge on any atom is -0.490 e. The van der Waals surface area contributed by atoms with Gasteiger partial charge in [0.1, 0.15) is 6.61 Å². The summed E-state index contributed by atoms with van der Waals surface area (Å²) in [6, 6.07) is 22.5. The molecular formula is C25H20INO4S. The maximum atomic E-state index is 12.8. The van der Waals surface area contributed by atoms with Gasteiger partial charge in [-0.1, -0.05) is 36.4 Å². The summed E-state index contributed by atoms with van der Waals surface area (Å²) in [6.07, 6.45) is 1.71. The van der Waals surface area contributed by atoms with E-state index in [1.807, 2.05) is 55.5 Å². The minimum atomic E-state index is -0.330. The largest absolute Gasteiger partial charge is 0.490 e. The van der Waals surface area contributed by atoms with E-state index in [9.17, 15) is 9.59 Å². The molecule has 0 radical (unpaired) electrons. The highest BCUT2D eigenvalue weighted by atomic mass is 127. The summed E-state index contributed by atoms with van der Waals surface area (Å²) in [5.41, 5.74) is 2.38. The molecule has 0 aromatic heterocycles. The Hall–Kier alpha value is -2.78. The first kappa shape index (κ1) is 22.4. The average Bonchev–Trinajstić information content (AvgIpc) is 3.08. The van der Waals surface area contributed by atoms with Crippen molar-refractivity contribution in [2.45, 2.75) is 13.5 Å². The van der Waals surface area contributed by atoms with Gasteiger partial charge in [-0.25, -0.2) is 4.90 Å². The van der Waals surface area contributed by atoms with Crippen molar-refractivity contribution in [3.63, 3.8) is 0 Å². The molecule has 3 aromatic carbocycles. The smallest absolute Gasteiger partial charge is 0.298 e. The van der Waals surface area contributed by atoms with E-state index in [4.69, 9.17) is 9.47 Å². The van der Waals surface area contributed by atoms with Crippen LogP contribution in [0.1, 0.15) is 18.1 Å². The van der Waals surface area contributed by atoms with Crippen LogP contribution in [-0.2, 0) is 11.4 Å². The number of hydrogen-bond donors (Lipinski definition) is 0. The standard InChI is InChI=1S/C25H20INO4S/c1-2-30-22-14-18(10-13-21(22)31-16-17-8-11-19(26)12-9-17)15-23-24(28)27(25(29)32-23)20-6-4-3-5-7-20/h3-15H,2,16H2,1H3/b23-15-. The van der Waals surface area contributed by atoms with Gasteiger partial charge in [0.25, 0.3) is 11.1 Å². The minimum absolute atomic E-state index is 0.310. The van der Waals surface area contributed by atoms with Crippen LogP contribution < -0.4 is 14.4 Å². The van der Waals surface area contributed by atoms with E-state index >= 15 is 0 Å². The summed E-state index contributed by atoms with van der Waals surface area (Å²) < 4.78 is 12.9. The second-order valence-electron chi connectivity index (χ2n) is 6.91. The molecule has 7 heteroatoms. The molecule has 32 heavy (non-hydrogen) atoms. The fourth-order valence-electron chi connectivity index (χ4n) is 3.16. The van der Waals surface area contributed by atoms with E-state index in [2.05, 4.69) is 22.6 Å². The normalized spacial score (nSPS) is 14.8. The number of para-hydroxylation sites is 1. The molecule has 0 saturated carbocycles. The van der Waals surface area contributed by atoms with E-state index in [1.54, 1.807) is 30.3 Å². The molecule has 0 unspecified atom stereocenters. The molecule has 1 aliphatic heterocycles. The van der Waals surface area contributed by atoms with Crippen LogP contribution in [0, 0.1) is 3.57 Å². The second-order valence-corrected chi connectivity index (χ2v) is 9.15. The molecule has 1 saturated heterocycles. The molecule has 5 nitrogen and oxygen atoms in total. The van der Waals surface area contributed by atoms with Crippen LogP contribution in [-0.4, -0.2) is 17.8 Å². The molecule has 3 aromatic rings. The highest BCUT2D eigenvalue weighted by molar-refractivity contribution is 14.1. The van der Waals surface area contributed by atoms with Crippen LogP contribution in [0.2, 0.25) is 0 Å². The zero-order chi connectivity index (χ0) is 22.5. The molecule has 4 rings (SSSR count). The summed E-state index contributed by atoms with van der Waals surface area (Å²) in [7, 11) is 0. The number of hydrogen-bond acceptors (Lipinski definition) is 5. The topological polar surface area (TPSA) is 55.8 Å². The number of anilines is 1. The van der Waals surface area contributed by atoms with E-state index < -0.39 is 0 Å². The van der Waals surface area contributed by atoms with E-state index in [0.29, 0.717) is 35.3 Å². The number of carbonyl (C=O) groups excluding carboxylic acids is 2. The Morgan fingerprint density at radius 2 is 1.69 bits per heavy atom. The number of imide groups is 1. The van der Waals surface area contributed by atoms with Crippen molar-refractivity contribution in [1.82, 2.24) is 0 Å². The molecule has 0 N–H and O–H groups in total. The van der Waals surface area contributed by atoms with Crippen molar-refractivity contribution in [1.29, 1.82) is 0 Å². The van der Waals surface area contributed by atoms with Gasteiger partial charge in [-0.05, 0) is 94.9 Å². The van der Waals surface area contributed by atoms with Gasteiger partial charge in [-0.15, -0.1) is 0 Å². The van der Waals surface area contributed by atoms with Crippen molar-refractivity contribution < 1.29 is 19.1 Å². The Morgan fingerprint density at radius 3 is 2.41 bits per heavy atom. The Labute approximate surface area is 204 Å². The zero-order valence-electron chi connectivity index (χ0n) is 17.3. The SMILES string of the molecule is CCOc1cc(/C=C2\SC(=O)N(c3ccccc3)C2=O)ccc1OCc1ccc(I)cc1. The predicted octanol–water partition coefficient (Wildman–Crippen LogP) is 6.51. The van der Waals surface area contributed by atoms with Crippen molar-refractivity contribution in [2.75, 3.05) is 11.5 Å². The van der Waals surface area contributed by atoms with Crippen molar-refractivity contribution in [3.8, 4) is 11.5 Å². The maximum Gasteiger partial charge on any atom is 0.298 e. The molecule has 1 heterocycles. The number of halogens is 1. The highest BCUT2D eigenvalue weighted by Gasteiger charge is 2.36. The number of ether oxygens (including phenoxy) is 2. The Balaban J connectivity index is 1.54. The molecule has 0 atom stereocenters. The summed E-state index contributed by atoms with van der Waals surface area (Å²) >= 11 is 3.20. The first-order chi connectivity index (χ1) is 15.5. The second kappa shape index (κ2) is 10.2. The van der Waals surface area contributed by atoms with Gasteiger partial charge in [0, 0.05) is 3.57 Å². The van der Waals surface area contributed by atoms with Crippen LogP contribution in [0.25, 0.3) is 6.08 Å². The van der Waals surface area contributed by atoms with Gasteiger partial charge in [-0.2, -0.15) is 0 Å². The van der Waals surface area contributed by atoms with E-state index in [-0.39, 0.29) is 11.1 Å². The molecule has 162 valence electrons. The number of amides is 2. The number of rotatable bonds is 7. The Morgan fingerprint density at radius 1 is 0.938 bits per heavy atom. The van der Waals surface area contributed by atoms with Crippen molar-refractivity contribution in [2.24, 2.45) is 0 Å². The fourth-order valence-corrected chi connectivity index (χ4v) is 4.36. The van der Waals surface area contributed by atoms with Gasteiger partial charge in [0.05, 0.1) is 17.2 Å². The van der Waals surface area contributed by atoms with Gasteiger partial charge < -0.3 is 9.47 Å². The molecule has 2 amide bonds. The van der Waals surface area contributed by atoms with Crippen LogP contribution in [0.3, 0.4) is 0 Å². The molecular weight excluding hydrogens is 537 g/mol. The summed E-state index contributed by atoms with van der Waals surface area (Å²) in [6.45, 7) is 2.81. The van der Waals surface area contributed by atoms with Gasteiger partial charge in [0.2, 0.25) is 0 Å². The number of carbonyl (C=O) groups is 2. The first-order valence-corrected chi connectivity index (χ1v) is 11.9. The van der Waals surface area contributed by atoms with Gasteiger partial charge >= 0.3 is 0 Å².